The quantitative estimate of drug-likeness (QED) is 0.220. The molecule has 13 fully saturated rings. The summed E-state index contributed by atoms with van der Waals surface area (Å²) in [5.41, 5.74) is 5.32. The predicted molar refractivity (Wildman–Crippen MR) is 274 cm³/mol. The molecule has 374 valence electrons. The molecule has 1 aromatic rings. The Morgan fingerprint density at radius 1 is 0.348 bits per heavy atom. The molecule has 0 aromatic heterocycles. The Balaban J connectivity index is 1.05. The molecule has 1 atom stereocenters. The third-order valence-electron chi connectivity index (χ3n) is 19.8. The van der Waals surface area contributed by atoms with E-state index in [1.807, 2.05) is 0 Å². The maximum atomic E-state index is 8.69. The number of allylic oxidation sites excluding steroid dienone is 6. The van der Waals surface area contributed by atoms with Crippen LogP contribution >= 0.6 is 0 Å². The maximum absolute atomic E-state index is 8.69. The van der Waals surface area contributed by atoms with Crippen LogP contribution in [0.5, 0.6) is 0 Å². The Morgan fingerprint density at radius 2 is 0.638 bits per heavy atom. The number of rotatable bonds is 9. The summed E-state index contributed by atoms with van der Waals surface area (Å²) in [6.45, 7) is 0. The standard InChI is InChI=1S/C49H74O12Si8/c1-2-20-38(19-1)63-50-62(37-49-47-35-17-15-33-45(47)46-34-16-18-36-48(46)49)51-64(39-21-3-4-22-39)55-66(53-63,41-25-7-8-26-41)59-69(44-31-13-14-32-44)60-67(54-63,42-27-9-10-28-42)56-65(52-62,40-23-5-6-24-40)58-68(57-64,61-69)43-29-11-12-30-43/h15-18,33-36,38-45H,1-14,19-32,37H2. The Morgan fingerprint density at radius 3 is 0.957 bits per heavy atom. The van der Waals surface area contributed by atoms with Crippen LogP contribution in [0.4, 0.5) is 0 Å². The van der Waals surface area contributed by atoms with Gasteiger partial charge >= 0.3 is 70.4 Å². The molecule has 0 amide bonds. The van der Waals surface area contributed by atoms with Crippen molar-refractivity contribution in [3.63, 3.8) is 0 Å². The third kappa shape index (κ3) is 7.18. The minimum absolute atomic E-state index is 0.0128. The fraction of sp³-hybridized carbons (Fsp3) is 0.755. The van der Waals surface area contributed by atoms with Crippen molar-refractivity contribution in [2.45, 2.75) is 231 Å². The SMILES string of the molecule is C1=CC2=C(C[Si]34O[Si]5(C6CCCC6)O[Si]6(C7CCCC7)O[Si](C7CCCC7)(O3)O[Si]3(C7CCCC7)O[Si](C7CCCC7)(O4)O[Si](C4CCCC4)(O5)O[Si](C4CCCC4)(O6)O3)c3ccccc3C2C=C1. The predicted octanol–water partition coefficient (Wildman–Crippen LogP) is 13.1. The van der Waals surface area contributed by atoms with Gasteiger partial charge in [0.05, 0.1) is 0 Å². The first-order valence-electron chi connectivity index (χ1n) is 28.4. The molecule has 7 saturated carbocycles. The highest BCUT2D eigenvalue weighted by Gasteiger charge is 2.88. The van der Waals surface area contributed by atoms with E-state index in [4.69, 9.17) is 49.4 Å². The van der Waals surface area contributed by atoms with E-state index in [1.54, 1.807) is 0 Å². The smallest absolute Gasteiger partial charge is 0.373 e. The van der Waals surface area contributed by atoms with Crippen molar-refractivity contribution in [2.75, 3.05) is 0 Å². The van der Waals surface area contributed by atoms with Gasteiger partial charge in [0.15, 0.2) is 0 Å². The van der Waals surface area contributed by atoms with E-state index in [0.29, 0.717) is 6.04 Å². The van der Waals surface area contributed by atoms with Gasteiger partial charge in [-0.1, -0.05) is 138 Å². The average molecular weight is 1080 g/mol. The highest BCUT2D eigenvalue weighted by Crippen LogP contribution is 2.67. The first-order valence-corrected chi connectivity index (χ1v) is 42.9. The molecule has 12 nitrogen and oxygen atoms in total. The molecule has 6 saturated heterocycles. The lowest BCUT2D eigenvalue weighted by molar-refractivity contribution is -0.0450. The lowest BCUT2D eigenvalue weighted by atomic mass is 9.92. The van der Waals surface area contributed by atoms with Crippen molar-refractivity contribution >= 4 is 76.0 Å². The summed E-state index contributed by atoms with van der Waals surface area (Å²) in [6.07, 6.45) is 38.1. The van der Waals surface area contributed by atoms with Crippen LogP contribution in [-0.4, -0.2) is 70.4 Å². The van der Waals surface area contributed by atoms with Crippen LogP contribution in [0.2, 0.25) is 44.8 Å². The van der Waals surface area contributed by atoms with Crippen LogP contribution in [0.15, 0.2) is 54.1 Å². The zero-order chi connectivity index (χ0) is 45.6. The monoisotopic (exact) mass is 1080 g/mol. The lowest BCUT2D eigenvalue weighted by Crippen LogP contribution is -2.90. The van der Waals surface area contributed by atoms with Crippen LogP contribution in [0.25, 0.3) is 5.57 Å². The van der Waals surface area contributed by atoms with Gasteiger partial charge in [0.2, 0.25) is 0 Å². The zero-order valence-electron chi connectivity index (χ0n) is 40.6. The molecule has 8 bridgehead atoms. The van der Waals surface area contributed by atoms with Crippen molar-refractivity contribution in [1.82, 2.24) is 0 Å². The van der Waals surface area contributed by atoms with Gasteiger partial charge in [0.25, 0.3) is 0 Å². The van der Waals surface area contributed by atoms with Crippen molar-refractivity contribution in [3.8, 4) is 0 Å². The fourth-order valence-electron chi connectivity index (χ4n) is 16.5. The molecule has 15 aliphatic rings. The Labute approximate surface area is 418 Å². The molecule has 0 N–H and O–H groups in total. The van der Waals surface area contributed by atoms with Crippen molar-refractivity contribution in [2.24, 2.45) is 0 Å². The van der Waals surface area contributed by atoms with Gasteiger partial charge in [0, 0.05) is 50.8 Å². The average Bonchev–Trinajstić information content (AvgIpc) is 4.19. The van der Waals surface area contributed by atoms with E-state index < -0.39 is 70.4 Å². The third-order valence-corrected chi connectivity index (χ3v) is 59.3. The second-order valence-corrected chi connectivity index (χ2v) is 49.6. The summed E-state index contributed by atoms with van der Waals surface area (Å²) < 4.78 is 104. The molecule has 6 aliphatic heterocycles. The van der Waals surface area contributed by atoms with Crippen molar-refractivity contribution in [3.05, 3.63) is 65.3 Å². The van der Waals surface area contributed by atoms with Crippen molar-refractivity contribution in [1.29, 1.82) is 0 Å². The number of hydrogen-bond acceptors (Lipinski definition) is 12. The first kappa shape index (κ1) is 46.0. The van der Waals surface area contributed by atoms with E-state index in [9.17, 15) is 0 Å². The number of fused-ring (bicyclic) bond motifs is 3. The van der Waals surface area contributed by atoms with Gasteiger partial charge < -0.3 is 49.4 Å². The number of benzene rings is 1. The van der Waals surface area contributed by atoms with Crippen LogP contribution in [0, 0.1) is 0 Å². The maximum Gasteiger partial charge on any atom is 0.483 e. The van der Waals surface area contributed by atoms with Gasteiger partial charge in [-0.05, 0) is 112 Å². The molecule has 69 heavy (non-hydrogen) atoms. The molecule has 6 heterocycles. The largest absolute Gasteiger partial charge is 0.483 e. The summed E-state index contributed by atoms with van der Waals surface area (Å²) in [4.78, 5) is 0. The Bertz CT molecular complexity index is 2080. The summed E-state index contributed by atoms with van der Waals surface area (Å²) in [5.74, 6) is 0.145. The second-order valence-electron chi connectivity index (χ2n) is 23.9. The molecule has 1 unspecified atom stereocenters. The highest BCUT2D eigenvalue weighted by molar-refractivity contribution is 7.04. The van der Waals surface area contributed by atoms with Crippen molar-refractivity contribution < 1.29 is 49.4 Å². The number of hydrogen-bond donors (Lipinski definition) is 0. The fourth-order valence-corrected chi connectivity index (χ4v) is 72.4. The Kier molecular flexibility index (Phi) is 11.4. The topological polar surface area (TPSA) is 111 Å². The van der Waals surface area contributed by atoms with Crippen LogP contribution in [-0.2, 0) is 49.4 Å². The first-order chi connectivity index (χ1) is 33.8. The highest BCUT2D eigenvalue weighted by atomic mass is 28.6. The van der Waals surface area contributed by atoms with Gasteiger partial charge in [-0.3, -0.25) is 0 Å². The minimum atomic E-state index is -4.21. The molecular formula is C49H74O12Si8. The molecule has 20 heteroatoms. The molecular weight excluding hydrogens is 1010 g/mol. The molecule has 16 rings (SSSR count). The molecule has 1 aromatic carbocycles. The van der Waals surface area contributed by atoms with Crippen LogP contribution < -0.4 is 0 Å². The Hall–Kier alpha value is -0.305. The zero-order valence-corrected chi connectivity index (χ0v) is 48.6. The van der Waals surface area contributed by atoms with Crippen LogP contribution in [0.3, 0.4) is 0 Å². The van der Waals surface area contributed by atoms with E-state index in [0.717, 1.165) is 180 Å². The van der Waals surface area contributed by atoms with Gasteiger partial charge in [-0.15, -0.1) is 0 Å². The van der Waals surface area contributed by atoms with Gasteiger partial charge in [-0.25, -0.2) is 0 Å². The summed E-state index contributed by atoms with van der Waals surface area (Å²) in [7, 11) is -32.2. The molecule has 0 radical (unpaired) electrons. The van der Waals surface area contributed by atoms with E-state index in [1.165, 1.54) is 22.3 Å². The summed E-state index contributed by atoms with van der Waals surface area (Å²) >= 11 is 0. The van der Waals surface area contributed by atoms with Gasteiger partial charge in [-0.2, -0.15) is 0 Å². The molecule has 9 aliphatic carbocycles. The van der Waals surface area contributed by atoms with Crippen LogP contribution in [0.1, 0.15) is 197 Å². The second kappa shape index (κ2) is 17.1. The normalized spacial score (nSPS) is 46.3. The summed E-state index contributed by atoms with van der Waals surface area (Å²) in [5, 5.41) is 0. The van der Waals surface area contributed by atoms with Gasteiger partial charge in [0.1, 0.15) is 0 Å². The van der Waals surface area contributed by atoms with E-state index >= 15 is 0 Å². The summed E-state index contributed by atoms with van der Waals surface area (Å²) in [6, 6.07) is 9.45. The van der Waals surface area contributed by atoms with E-state index in [-0.39, 0.29) is 44.7 Å². The minimum Gasteiger partial charge on any atom is -0.373 e. The molecule has 0 spiro atoms. The lowest BCUT2D eigenvalue weighted by Gasteiger charge is -2.66. The van der Waals surface area contributed by atoms with E-state index in [2.05, 4.69) is 48.6 Å².